The summed E-state index contributed by atoms with van der Waals surface area (Å²) in [4.78, 5) is 15.6. The van der Waals surface area contributed by atoms with E-state index in [9.17, 15) is 13.2 Å². The second-order valence-electron chi connectivity index (χ2n) is 4.11. The molecule has 0 bridgehead atoms. The molecule has 21 heavy (non-hydrogen) atoms. The summed E-state index contributed by atoms with van der Waals surface area (Å²) < 4.78 is 23.2. The fourth-order valence-electron chi connectivity index (χ4n) is 1.59. The Labute approximate surface area is 123 Å². The maximum atomic E-state index is 11.7. The van der Waals surface area contributed by atoms with Crippen molar-refractivity contribution >= 4 is 28.3 Å². The van der Waals surface area contributed by atoms with E-state index in [4.69, 9.17) is 0 Å². The van der Waals surface area contributed by atoms with Gasteiger partial charge in [0.15, 0.2) is 0 Å². The quantitative estimate of drug-likeness (QED) is 0.626. The van der Waals surface area contributed by atoms with E-state index in [-0.39, 0.29) is 6.03 Å². The van der Waals surface area contributed by atoms with Gasteiger partial charge in [0.1, 0.15) is 0 Å². The molecule has 0 spiro atoms. The first-order chi connectivity index (χ1) is 10.1. The van der Waals surface area contributed by atoms with Crippen LogP contribution in [0.25, 0.3) is 0 Å². The third-order valence-corrected chi connectivity index (χ3v) is 3.01. The lowest BCUT2D eigenvalue weighted by molar-refractivity contribution is 0.251. The number of carbonyl (C=O) groups excluding carboxylic acids is 1. The van der Waals surface area contributed by atoms with Gasteiger partial charge in [0.05, 0.1) is 0 Å². The third kappa shape index (κ3) is 5.11. The van der Waals surface area contributed by atoms with Crippen LogP contribution in [0, 0.1) is 0 Å². The number of nitrogens with one attached hydrogen (secondary N) is 3. The third-order valence-electron chi connectivity index (χ3n) is 2.57. The van der Waals surface area contributed by atoms with Crippen molar-refractivity contribution in [1.29, 1.82) is 0 Å². The van der Waals surface area contributed by atoms with Gasteiger partial charge in [-0.05, 0) is 42.0 Å². The summed E-state index contributed by atoms with van der Waals surface area (Å²) >= 11 is 0. The van der Waals surface area contributed by atoms with Crippen molar-refractivity contribution in [3.8, 4) is 0 Å². The predicted molar refractivity (Wildman–Crippen MR) is 80.5 cm³/mol. The Morgan fingerprint density at radius 1 is 1.00 bits per heavy atom. The number of amides is 2. The van der Waals surface area contributed by atoms with E-state index < -0.39 is 10.9 Å². The van der Waals surface area contributed by atoms with E-state index in [1.807, 2.05) is 12.1 Å². The molecule has 3 N–H and O–H groups in total. The number of rotatable bonds is 5. The molecule has 0 unspecified atom stereocenters. The van der Waals surface area contributed by atoms with Crippen LogP contribution in [0.4, 0.5) is 16.2 Å². The van der Waals surface area contributed by atoms with Gasteiger partial charge in [-0.3, -0.25) is 9.71 Å². The average molecular weight is 306 g/mol. The molecule has 0 fully saturated rings. The Kier molecular flexibility index (Phi) is 5.10. The summed E-state index contributed by atoms with van der Waals surface area (Å²) in [6.07, 6.45) is 3.31. The van der Waals surface area contributed by atoms with E-state index in [1.165, 1.54) is 0 Å². The molecule has 0 atom stereocenters. The van der Waals surface area contributed by atoms with Crippen molar-refractivity contribution in [3.05, 3.63) is 54.4 Å². The van der Waals surface area contributed by atoms with Crippen LogP contribution in [0.3, 0.4) is 0 Å². The topological polar surface area (TPSA) is 100 Å². The largest absolute Gasteiger partial charge is 0.334 e. The minimum Gasteiger partial charge on any atom is -0.334 e. The van der Waals surface area contributed by atoms with Crippen molar-refractivity contribution in [1.82, 2.24) is 10.3 Å². The molecule has 0 saturated heterocycles. The molecule has 0 saturated carbocycles. The molecule has 2 aromatic rings. The number of aromatic nitrogens is 1. The highest BCUT2D eigenvalue weighted by molar-refractivity contribution is 7.73. The van der Waals surface area contributed by atoms with Crippen LogP contribution >= 0.6 is 0 Å². The molecular formula is C13H14N4O3S. The van der Waals surface area contributed by atoms with Crippen LogP contribution in [0.15, 0.2) is 48.8 Å². The molecular weight excluding hydrogens is 292 g/mol. The molecule has 1 aromatic carbocycles. The number of pyridine rings is 1. The molecule has 0 aliphatic heterocycles. The fourth-order valence-corrected chi connectivity index (χ4v) is 1.95. The molecule has 1 heterocycles. The zero-order valence-electron chi connectivity index (χ0n) is 10.9. The Morgan fingerprint density at radius 3 is 2.24 bits per heavy atom. The molecule has 7 nitrogen and oxygen atoms in total. The van der Waals surface area contributed by atoms with Gasteiger partial charge in [-0.2, -0.15) is 0 Å². The molecule has 0 aliphatic carbocycles. The Balaban J connectivity index is 1.85. The van der Waals surface area contributed by atoms with Crippen molar-refractivity contribution in [2.45, 2.75) is 6.54 Å². The molecule has 110 valence electrons. The standard InChI is InChI=1S/C13H14N4O3S/c18-13(15-9-10-5-7-14-8-6-10)16-11-1-3-12(4-2-11)17-21(19)20/h1-8,21H,9H2,(H2,15,16,18)(H,17,19,20). The SMILES string of the molecule is O=C(NCc1ccncc1)Nc1ccc(N[SH](=O)=O)cc1. The predicted octanol–water partition coefficient (Wildman–Crippen LogP) is 1.34. The first kappa shape index (κ1) is 14.8. The first-order valence-corrected chi connectivity index (χ1v) is 7.26. The highest BCUT2D eigenvalue weighted by Crippen LogP contribution is 2.13. The van der Waals surface area contributed by atoms with Gasteiger partial charge in [-0.15, -0.1) is 0 Å². The Bertz CT molecular complexity index is 664. The van der Waals surface area contributed by atoms with E-state index >= 15 is 0 Å². The number of carbonyl (C=O) groups is 1. The smallest absolute Gasteiger partial charge is 0.319 e. The summed E-state index contributed by atoms with van der Waals surface area (Å²) in [7, 11) is -2.69. The molecule has 0 radical (unpaired) electrons. The van der Waals surface area contributed by atoms with E-state index in [1.54, 1.807) is 36.7 Å². The first-order valence-electron chi connectivity index (χ1n) is 6.08. The second kappa shape index (κ2) is 7.25. The summed E-state index contributed by atoms with van der Waals surface area (Å²) in [5.41, 5.74) is 1.95. The minimum absolute atomic E-state index is 0.345. The lowest BCUT2D eigenvalue weighted by atomic mass is 10.3. The van der Waals surface area contributed by atoms with Gasteiger partial charge in [-0.25, -0.2) is 13.2 Å². The number of hydrogen-bond acceptors (Lipinski definition) is 4. The Hall–Kier alpha value is -2.61. The maximum absolute atomic E-state index is 11.7. The fraction of sp³-hybridized carbons (Fsp3) is 0.0769. The zero-order valence-corrected chi connectivity index (χ0v) is 11.8. The van der Waals surface area contributed by atoms with Crippen LogP contribution < -0.4 is 15.4 Å². The average Bonchev–Trinajstić information content (AvgIpc) is 2.48. The highest BCUT2D eigenvalue weighted by Gasteiger charge is 2.02. The van der Waals surface area contributed by atoms with Crippen LogP contribution in [-0.4, -0.2) is 19.4 Å². The van der Waals surface area contributed by atoms with Crippen LogP contribution in [-0.2, 0) is 17.4 Å². The van der Waals surface area contributed by atoms with Crippen molar-refractivity contribution < 1.29 is 13.2 Å². The summed E-state index contributed by atoms with van der Waals surface area (Å²) in [5.74, 6) is 0. The van der Waals surface area contributed by atoms with Crippen molar-refractivity contribution in [2.75, 3.05) is 10.0 Å². The van der Waals surface area contributed by atoms with Gasteiger partial charge < -0.3 is 10.6 Å². The van der Waals surface area contributed by atoms with Gasteiger partial charge in [0, 0.05) is 30.3 Å². The molecule has 1 aromatic heterocycles. The molecule has 0 aliphatic rings. The van der Waals surface area contributed by atoms with E-state index in [0.717, 1.165) is 5.56 Å². The number of benzene rings is 1. The van der Waals surface area contributed by atoms with Crippen LogP contribution in [0.5, 0.6) is 0 Å². The van der Waals surface area contributed by atoms with Gasteiger partial charge >= 0.3 is 6.03 Å². The van der Waals surface area contributed by atoms with Crippen molar-refractivity contribution in [3.63, 3.8) is 0 Å². The number of thiol groups is 1. The summed E-state index contributed by atoms with van der Waals surface area (Å²) in [5, 5.41) is 5.35. The lowest BCUT2D eigenvalue weighted by Gasteiger charge is -2.08. The van der Waals surface area contributed by atoms with Crippen molar-refractivity contribution in [2.24, 2.45) is 0 Å². The van der Waals surface area contributed by atoms with Gasteiger partial charge in [0.2, 0.25) is 10.9 Å². The van der Waals surface area contributed by atoms with Gasteiger partial charge in [-0.1, -0.05) is 0 Å². The van der Waals surface area contributed by atoms with E-state index in [2.05, 4.69) is 20.3 Å². The number of anilines is 2. The number of nitrogens with zero attached hydrogens (tertiary/aromatic N) is 1. The number of hydrogen-bond donors (Lipinski definition) is 4. The lowest BCUT2D eigenvalue weighted by Crippen LogP contribution is -2.28. The molecule has 8 heteroatoms. The summed E-state index contributed by atoms with van der Waals surface area (Å²) in [6.45, 7) is 0.394. The highest BCUT2D eigenvalue weighted by atomic mass is 32.2. The van der Waals surface area contributed by atoms with E-state index in [0.29, 0.717) is 17.9 Å². The molecule has 2 rings (SSSR count). The summed E-state index contributed by atoms with van der Waals surface area (Å²) in [6, 6.07) is 9.60. The monoisotopic (exact) mass is 306 g/mol. The Morgan fingerprint density at radius 2 is 1.62 bits per heavy atom. The minimum atomic E-state index is -2.69. The number of urea groups is 1. The zero-order chi connectivity index (χ0) is 15.1. The van der Waals surface area contributed by atoms with Crippen LogP contribution in [0.2, 0.25) is 0 Å². The normalized spacial score (nSPS) is 10.1. The molecule has 2 amide bonds. The second-order valence-corrected chi connectivity index (χ2v) is 4.85. The van der Waals surface area contributed by atoms with Crippen LogP contribution in [0.1, 0.15) is 5.56 Å². The maximum Gasteiger partial charge on any atom is 0.319 e. The van der Waals surface area contributed by atoms with Gasteiger partial charge in [0.25, 0.3) is 0 Å².